The molecule has 2 aromatic carbocycles. The highest BCUT2D eigenvalue weighted by atomic mass is 79.9. The highest BCUT2D eigenvalue weighted by Crippen LogP contribution is 2.34. The van der Waals surface area contributed by atoms with Crippen molar-refractivity contribution in [3.05, 3.63) is 74.9 Å². The van der Waals surface area contributed by atoms with Crippen LogP contribution in [0.1, 0.15) is 11.1 Å². The van der Waals surface area contributed by atoms with E-state index in [1.807, 2.05) is 47.4 Å². The number of ether oxygens (including phenoxy) is 1. The number of rotatable bonds is 6. The Morgan fingerprint density at radius 3 is 2.46 bits per heavy atom. The van der Waals surface area contributed by atoms with Gasteiger partial charge in [0.25, 0.3) is 0 Å². The molecule has 0 unspecified atom stereocenters. The highest BCUT2D eigenvalue weighted by Gasteiger charge is 2.08. The average molecular weight is 451 g/mol. The number of anilines is 1. The van der Waals surface area contributed by atoms with E-state index in [1.54, 1.807) is 7.11 Å². The number of benzene rings is 2. The summed E-state index contributed by atoms with van der Waals surface area (Å²) in [4.78, 5) is 0. The summed E-state index contributed by atoms with van der Waals surface area (Å²) in [5.41, 5.74) is 3.37. The fraction of sp³-hybridized carbons (Fsp3) is 0.167. The zero-order valence-corrected chi connectivity index (χ0v) is 16.3. The second-order valence-electron chi connectivity index (χ2n) is 5.36. The topological polar surface area (TPSA) is 39.1 Å². The molecule has 0 radical (unpaired) electrons. The average Bonchev–Trinajstić information content (AvgIpc) is 3.01. The van der Waals surface area contributed by atoms with Crippen LogP contribution in [0.3, 0.4) is 0 Å². The molecule has 0 fully saturated rings. The SMILES string of the molecule is COc1c(Br)cc(CNc2cnn(Cc3ccccc3)c2)cc1Br. The van der Waals surface area contributed by atoms with Crippen molar-refractivity contribution in [2.24, 2.45) is 0 Å². The molecule has 6 heteroatoms. The lowest BCUT2D eigenvalue weighted by molar-refractivity contribution is 0.409. The van der Waals surface area contributed by atoms with Crippen LogP contribution in [0.25, 0.3) is 0 Å². The lowest BCUT2D eigenvalue weighted by Crippen LogP contribution is -2.01. The first-order valence-electron chi connectivity index (χ1n) is 7.48. The molecule has 0 spiro atoms. The van der Waals surface area contributed by atoms with Crippen molar-refractivity contribution in [3.63, 3.8) is 0 Å². The van der Waals surface area contributed by atoms with Crippen LogP contribution >= 0.6 is 31.9 Å². The first-order chi connectivity index (χ1) is 11.7. The largest absolute Gasteiger partial charge is 0.494 e. The van der Waals surface area contributed by atoms with Crippen molar-refractivity contribution >= 4 is 37.5 Å². The molecule has 0 aliphatic heterocycles. The van der Waals surface area contributed by atoms with Crippen LogP contribution in [-0.4, -0.2) is 16.9 Å². The molecule has 0 amide bonds. The summed E-state index contributed by atoms with van der Waals surface area (Å²) < 4.78 is 9.11. The van der Waals surface area contributed by atoms with Gasteiger partial charge in [0.05, 0.1) is 34.5 Å². The van der Waals surface area contributed by atoms with Gasteiger partial charge in [-0.05, 0) is 55.1 Å². The second kappa shape index (κ2) is 7.85. The number of hydrogen-bond acceptors (Lipinski definition) is 3. The molecule has 3 aromatic rings. The highest BCUT2D eigenvalue weighted by molar-refractivity contribution is 9.11. The van der Waals surface area contributed by atoms with Crippen LogP contribution in [0, 0.1) is 0 Å². The lowest BCUT2D eigenvalue weighted by atomic mass is 10.2. The monoisotopic (exact) mass is 449 g/mol. The van der Waals surface area contributed by atoms with Crippen molar-refractivity contribution in [3.8, 4) is 5.75 Å². The molecule has 1 N–H and O–H groups in total. The number of nitrogens with one attached hydrogen (secondary N) is 1. The van der Waals surface area contributed by atoms with Gasteiger partial charge >= 0.3 is 0 Å². The number of halogens is 2. The molecule has 0 saturated carbocycles. The third-order valence-corrected chi connectivity index (χ3v) is 4.76. The fourth-order valence-electron chi connectivity index (χ4n) is 2.43. The van der Waals surface area contributed by atoms with Crippen molar-refractivity contribution < 1.29 is 4.74 Å². The van der Waals surface area contributed by atoms with Crippen molar-refractivity contribution in [2.45, 2.75) is 13.1 Å². The van der Waals surface area contributed by atoms with E-state index in [0.29, 0.717) is 6.54 Å². The van der Waals surface area contributed by atoms with Crippen LogP contribution in [0.2, 0.25) is 0 Å². The van der Waals surface area contributed by atoms with Gasteiger partial charge in [-0.15, -0.1) is 0 Å². The molecule has 124 valence electrons. The van der Waals surface area contributed by atoms with E-state index in [9.17, 15) is 0 Å². The van der Waals surface area contributed by atoms with Gasteiger partial charge in [-0.25, -0.2) is 0 Å². The summed E-state index contributed by atoms with van der Waals surface area (Å²) in [5, 5.41) is 7.80. The Kier molecular flexibility index (Phi) is 5.58. The third kappa shape index (κ3) is 4.19. The summed E-state index contributed by atoms with van der Waals surface area (Å²) in [7, 11) is 1.66. The van der Waals surface area contributed by atoms with Crippen LogP contribution < -0.4 is 10.1 Å². The van der Waals surface area contributed by atoms with Crippen molar-refractivity contribution in [2.75, 3.05) is 12.4 Å². The quantitative estimate of drug-likeness (QED) is 0.569. The Hall–Kier alpha value is -1.79. The number of methoxy groups -OCH3 is 1. The molecule has 0 aliphatic rings. The Balaban J connectivity index is 1.63. The Morgan fingerprint density at radius 2 is 1.79 bits per heavy atom. The predicted molar refractivity (Wildman–Crippen MR) is 103 cm³/mol. The molecular formula is C18H17Br2N3O. The van der Waals surface area contributed by atoms with Gasteiger partial charge in [-0.3, -0.25) is 4.68 Å². The van der Waals surface area contributed by atoms with Gasteiger partial charge in [0.2, 0.25) is 0 Å². The minimum Gasteiger partial charge on any atom is -0.494 e. The van der Waals surface area contributed by atoms with Crippen LogP contribution in [0.4, 0.5) is 5.69 Å². The van der Waals surface area contributed by atoms with E-state index in [-0.39, 0.29) is 0 Å². The van der Waals surface area contributed by atoms with Crippen molar-refractivity contribution in [1.82, 2.24) is 9.78 Å². The zero-order chi connectivity index (χ0) is 16.9. The minimum absolute atomic E-state index is 0.707. The van der Waals surface area contributed by atoms with Gasteiger partial charge in [-0.2, -0.15) is 5.10 Å². The first-order valence-corrected chi connectivity index (χ1v) is 9.06. The van der Waals surface area contributed by atoms with Crippen molar-refractivity contribution in [1.29, 1.82) is 0 Å². The first kappa shape index (κ1) is 17.0. The molecule has 1 aromatic heterocycles. The van der Waals surface area contributed by atoms with E-state index >= 15 is 0 Å². The molecule has 0 saturated heterocycles. The Labute approximate surface area is 158 Å². The maximum Gasteiger partial charge on any atom is 0.147 e. The van der Waals surface area contributed by atoms with E-state index in [1.165, 1.54) is 5.56 Å². The molecule has 3 rings (SSSR count). The lowest BCUT2D eigenvalue weighted by Gasteiger charge is -2.10. The summed E-state index contributed by atoms with van der Waals surface area (Å²) in [6.45, 7) is 1.47. The van der Waals surface area contributed by atoms with Gasteiger partial charge in [0, 0.05) is 12.7 Å². The van der Waals surface area contributed by atoms with Gasteiger partial charge < -0.3 is 10.1 Å². The maximum atomic E-state index is 5.33. The van der Waals surface area contributed by atoms with Crippen LogP contribution in [-0.2, 0) is 13.1 Å². The molecule has 0 atom stereocenters. The van der Waals surface area contributed by atoms with Gasteiger partial charge in [-0.1, -0.05) is 30.3 Å². The van der Waals surface area contributed by atoms with Gasteiger partial charge in [0.15, 0.2) is 0 Å². The maximum absolute atomic E-state index is 5.33. The number of nitrogens with zero attached hydrogens (tertiary/aromatic N) is 2. The Bertz CT molecular complexity index is 795. The van der Waals surface area contributed by atoms with Gasteiger partial charge in [0.1, 0.15) is 5.75 Å². The molecule has 0 aliphatic carbocycles. The van der Waals surface area contributed by atoms with E-state index in [4.69, 9.17) is 4.74 Å². The smallest absolute Gasteiger partial charge is 0.147 e. The summed E-state index contributed by atoms with van der Waals surface area (Å²) in [5.74, 6) is 0.800. The summed E-state index contributed by atoms with van der Waals surface area (Å²) in [6.07, 6.45) is 3.86. The van der Waals surface area contributed by atoms with E-state index in [0.717, 1.165) is 32.5 Å². The molecular weight excluding hydrogens is 434 g/mol. The summed E-state index contributed by atoms with van der Waals surface area (Å²) in [6, 6.07) is 14.4. The Morgan fingerprint density at radius 1 is 1.08 bits per heavy atom. The number of hydrogen-bond donors (Lipinski definition) is 1. The molecule has 4 nitrogen and oxygen atoms in total. The standard InChI is InChI=1S/C18H17Br2N3O/c1-24-18-16(19)7-14(8-17(18)20)9-21-15-10-22-23(12-15)11-13-5-3-2-4-6-13/h2-8,10,12,21H,9,11H2,1H3. The molecule has 1 heterocycles. The predicted octanol–water partition coefficient (Wildman–Crippen LogP) is 5.08. The normalized spacial score (nSPS) is 10.6. The minimum atomic E-state index is 0.707. The second-order valence-corrected chi connectivity index (χ2v) is 7.07. The zero-order valence-electron chi connectivity index (χ0n) is 13.2. The van der Waals surface area contributed by atoms with E-state index < -0.39 is 0 Å². The molecule has 24 heavy (non-hydrogen) atoms. The van der Waals surface area contributed by atoms with Crippen LogP contribution in [0.15, 0.2) is 63.8 Å². The molecule has 0 bridgehead atoms. The summed E-state index contributed by atoms with van der Waals surface area (Å²) >= 11 is 7.05. The van der Waals surface area contributed by atoms with Crippen LogP contribution in [0.5, 0.6) is 5.75 Å². The fourth-order valence-corrected chi connectivity index (χ4v) is 4.03. The van der Waals surface area contributed by atoms with E-state index in [2.05, 4.69) is 54.4 Å². The third-order valence-electron chi connectivity index (χ3n) is 3.58. The number of aromatic nitrogens is 2.